The van der Waals surface area contributed by atoms with Crippen LogP contribution in [0.3, 0.4) is 0 Å². The van der Waals surface area contributed by atoms with Crippen LogP contribution < -0.4 is 0 Å². The van der Waals surface area contributed by atoms with E-state index >= 15 is 0 Å². The summed E-state index contributed by atoms with van der Waals surface area (Å²) in [6, 6.07) is 0. The average Bonchev–Trinajstić information content (AvgIpc) is 3.10. The Bertz CT molecular complexity index is 812. The summed E-state index contributed by atoms with van der Waals surface area (Å²) in [4.78, 5) is 33.9. The van der Waals surface area contributed by atoms with Crippen molar-refractivity contribution in [1.29, 1.82) is 0 Å². The van der Waals surface area contributed by atoms with Crippen LogP contribution in [-0.2, 0) is 32.7 Å². The van der Waals surface area contributed by atoms with Gasteiger partial charge in [0.1, 0.15) is 12.2 Å². The molecule has 3 atom stereocenters. The highest BCUT2D eigenvalue weighted by molar-refractivity contribution is 7.47. The minimum Gasteiger partial charge on any atom is -0.457 e. The SMILES string of the molecule is CCCCCCCCCCCCCCCCCCCCCCCCCCC(=O)OC(CO)COP(=O)(O)OCC(CO)OC(=O)CCCCC. The van der Waals surface area contributed by atoms with Crippen molar-refractivity contribution in [2.75, 3.05) is 26.4 Å². The molecule has 0 fully saturated rings. The number of hydrogen-bond acceptors (Lipinski definition) is 9. The summed E-state index contributed by atoms with van der Waals surface area (Å²) in [7, 11) is -4.61. The van der Waals surface area contributed by atoms with Crippen molar-refractivity contribution in [3.63, 3.8) is 0 Å². The van der Waals surface area contributed by atoms with Gasteiger partial charge in [-0.1, -0.05) is 174 Å². The molecule has 0 aliphatic heterocycles. The van der Waals surface area contributed by atoms with E-state index < -0.39 is 58.4 Å². The fraction of sp³-hybridized carbons (Fsp3) is 0.949. The average molecular weight is 737 g/mol. The van der Waals surface area contributed by atoms with Gasteiger partial charge in [-0.05, 0) is 12.8 Å². The lowest BCUT2D eigenvalue weighted by molar-refractivity contribution is -0.153. The van der Waals surface area contributed by atoms with Crippen LogP contribution >= 0.6 is 7.82 Å². The number of phosphoric ester groups is 1. The van der Waals surface area contributed by atoms with Crippen LogP contribution in [0.4, 0.5) is 0 Å². The first-order valence-electron chi connectivity index (χ1n) is 20.5. The summed E-state index contributed by atoms with van der Waals surface area (Å²) in [5, 5.41) is 18.9. The zero-order valence-electron chi connectivity index (χ0n) is 32.1. The van der Waals surface area contributed by atoms with Gasteiger partial charge in [0.05, 0.1) is 26.4 Å². The number of rotatable bonds is 39. The summed E-state index contributed by atoms with van der Waals surface area (Å²) in [5.41, 5.74) is 0. The third-order valence-corrected chi connectivity index (χ3v) is 10.0. The lowest BCUT2D eigenvalue weighted by Gasteiger charge is -2.20. The van der Waals surface area contributed by atoms with Crippen LogP contribution in [0.2, 0.25) is 0 Å². The van der Waals surface area contributed by atoms with E-state index in [1.807, 2.05) is 6.92 Å². The largest absolute Gasteiger partial charge is 0.472 e. The zero-order valence-corrected chi connectivity index (χ0v) is 33.0. The van der Waals surface area contributed by atoms with Crippen molar-refractivity contribution in [1.82, 2.24) is 0 Å². The summed E-state index contributed by atoms with van der Waals surface area (Å²) >= 11 is 0. The summed E-state index contributed by atoms with van der Waals surface area (Å²) in [6.07, 6.45) is 32.0. The molecule has 0 saturated heterocycles. The van der Waals surface area contributed by atoms with Crippen LogP contribution in [0, 0.1) is 0 Å². The maximum atomic E-state index is 12.2. The fourth-order valence-corrected chi connectivity index (χ4v) is 6.66. The molecule has 0 bridgehead atoms. The first kappa shape index (κ1) is 49.0. The van der Waals surface area contributed by atoms with Crippen LogP contribution in [0.1, 0.15) is 200 Å². The molecule has 3 N–H and O–H groups in total. The van der Waals surface area contributed by atoms with Gasteiger partial charge in [0.25, 0.3) is 0 Å². The molecular weight excluding hydrogens is 659 g/mol. The zero-order chi connectivity index (χ0) is 37.0. The Morgan fingerprint density at radius 3 is 0.980 bits per heavy atom. The summed E-state index contributed by atoms with van der Waals surface area (Å²) in [5.74, 6) is -1.03. The highest BCUT2D eigenvalue weighted by Gasteiger charge is 2.27. The van der Waals surface area contributed by atoms with Crippen molar-refractivity contribution in [3.8, 4) is 0 Å². The number of carbonyl (C=O) groups is 2. The molecule has 0 heterocycles. The predicted octanol–water partition coefficient (Wildman–Crippen LogP) is 10.3. The van der Waals surface area contributed by atoms with Gasteiger partial charge < -0.3 is 24.6 Å². The van der Waals surface area contributed by atoms with Gasteiger partial charge in [-0.3, -0.25) is 18.6 Å². The van der Waals surface area contributed by atoms with Crippen molar-refractivity contribution in [2.24, 2.45) is 0 Å². The maximum absolute atomic E-state index is 12.2. The minimum absolute atomic E-state index is 0.181. The lowest BCUT2D eigenvalue weighted by Crippen LogP contribution is -2.28. The molecule has 0 saturated carbocycles. The Morgan fingerprint density at radius 2 is 0.700 bits per heavy atom. The predicted molar refractivity (Wildman–Crippen MR) is 201 cm³/mol. The Balaban J connectivity index is 3.67. The molecule has 0 amide bonds. The number of ether oxygens (including phenoxy) is 2. The number of hydrogen-bond donors (Lipinski definition) is 3. The van der Waals surface area contributed by atoms with E-state index in [1.54, 1.807) is 0 Å². The first-order chi connectivity index (χ1) is 24.3. The lowest BCUT2D eigenvalue weighted by atomic mass is 10.0. The van der Waals surface area contributed by atoms with Gasteiger partial charge in [-0.15, -0.1) is 0 Å². The van der Waals surface area contributed by atoms with E-state index in [0.29, 0.717) is 12.8 Å². The van der Waals surface area contributed by atoms with Gasteiger partial charge in [-0.2, -0.15) is 0 Å². The van der Waals surface area contributed by atoms with Gasteiger partial charge >= 0.3 is 19.8 Å². The molecule has 0 aromatic rings. The Labute approximate surface area is 305 Å². The summed E-state index contributed by atoms with van der Waals surface area (Å²) in [6.45, 7) is 2.02. The maximum Gasteiger partial charge on any atom is 0.472 e. The molecule has 0 aliphatic rings. The molecule has 0 spiro atoms. The number of aliphatic hydroxyl groups is 2. The van der Waals surface area contributed by atoms with E-state index in [-0.39, 0.29) is 12.8 Å². The molecule has 3 unspecified atom stereocenters. The van der Waals surface area contributed by atoms with E-state index in [1.165, 1.54) is 128 Å². The Hall–Kier alpha value is -1.03. The van der Waals surface area contributed by atoms with Crippen molar-refractivity contribution >= 4 is 19.8 Å². The fourth-order valence-electron chi connectivity index (χ4n) is 5.88. The standard InChI is InChI=1S/C39H77O10P/c1-3-5-7-8-9-10-11-12-13-14-15-16-17-18-19-20-21-22-23-24-25-26-27-29-31-39(43)49-37(33-41)35-47-50(44,45)46-34-36(32-40)48-38(42)30-28-6-4-2/h36-37,40-41H,3-35H2,1-2H3,(H,44,45). The number of phosphoric acid groups is 1. The second-order valence-electron chi connectivity index (χ2n) is 14.0. The van der Waals surface area contributed by atoms with Gasteiger partial charge in [0.15, 0.2) is 0 Å². The van der Waals surface area contributed by atoms with Crippen LogP contribution in [0.15, 0.2) is 0 Å². The number of unbranched alkanes of at least 4 members (excludes halogenated alkanes) is 25. The monoisotopic (exact) mass is 737 g/mol. The van der Waals surface area contributed by atoms with Gasteiger partial charge in [-0.25, -0.2) is 4.57 Å². The van der Waals surface area contributed by atoms with E-state index in [4.69, 9.17) is 18.5 Å². The third kappa shape index (κ3) is 34.1. The first-order valence-corrected chi connectivity index (χ1v) is 22.0. The van der Waals surface area contributed by atoms with Crippen LogP contribution in [0.5, 0.6) is 0 Å². The second-order valence-corrected chi connectivity index (χ2v) is 15.4. The molecule has 0 aromatic heterocycles. The highest BCUT2D eigenvalue weighted by atomic mass is 31.2. The van der Waals surface area contributed by atoms with Gasteiger partial charge in [0, 0.05) is 12.8 Å². The number of aliphatic hydroxyl groups excluding tert-OH is 2. The molecule has 0 radical (unpaired) electrons. The molecule has 0 aromatic carbocycles. The normalized spacial score (nSPS) is 13.9. The van der Waals surface area contributed by atoms with E-state index in [0.717, 1.165) is 32.1 Å². The quantitative estimate of drug-likeness (QED) is 0.0316. The molecular formula is C39H77O10P. The molecule has 298 valence electrons. The topological polar surface area (TPSA) is 149 Å². The molecule has 0 rings (SSSR count). The Morgan fingerprint density at radius 1 is 0.460 bits per heavy atom. The second kappa shape index (κ2) is 36.3. The Kier molecular flexibility index (Phi) is 35.6. The van der Waals surface area contributed by atoms with Gasteiger partial charge in [0.2, 0.25) is 0 Å². The van der Waals surface area contributed by atoms with Crippen molar-refractivity contribution < 1.29 is 47.8 Å². The third-order valence-electron chi connectivity index (χ3n) is 9.07. The van der Waals surface area contributed by atoms with Crippen molar-refractivity contribution in [3.05, 3.63) is 0 Å². The summed E-state index contributed by atoms with van der Waals surface area (Å²) < 4.78 is 32.1. The van der Waals surface area contributed by atoms with Crippen molar-refractivity contribution in [2.45, 2.75) is 212 Å². The highest BCUT2D eigenvalue weighted by Crippen LogP contribution is 2.43. The molecule has 0 aliphatic carbocycles. The number of carbonyl (C=O) groups excluding carboxylic acids is 2. The molecule has 10 nitrogen and oxygen atoms in total. The van der Waals surface area contributed by atoms with Crippen LogP contribution in [0.25, 0.3) is 0 Å². The number of esters is 2. The molecule has 50 heavy (non-hydrogen) atoms. The van der Waals surface area contributed by atoms with E-state index in [2.05, 4.69) is 6.92 Å². The molecule has 11 heteroatoms. The smallest absolute Gasteiger partial charge is 0.457 e. The minimum atomic E-state index is -4.61. The van der Waals surface area contributed by atoms with E-state index in [9.17, 15) is 29.3 Å². The van der Waals surface area contributed by atoms with Crippen LogP contribution in [-0.4, -0.2) is 65.7 Å².